The van der Waals surface area contributed by atoms with Crippen molar-refractivity contribution in [3.63, 3.8) is 0 Å². The lowest BCUT2D eigenvalue weighted by Gasteiger charge is -2.12. The molecule has 2 aromatic heterocycles. The number of para-hydroxylation sites is 3. The summed E-state index contributed by atoms with van der Waals surface area (Å²) < 4.78 is 4.46. The third-order valence-electron chi connectivity index (χ3n) is 6.12. The molecule has 6 heteroatoms. The Morgan fingerprint density at radius 1 is 0.743 bits per heavy atom. The van der Waals surface area contributed by atoms with Gasteiger partial charge in [-0.3, -0.25) is 4.57 Å². The maximum Gasteiger partial charge on any atom is 0.196 e. The number of hydrogen-bond acceptors (Lipinski definition) is 4. The standard InChI is InChI=1S/C29H21N5S/c30-18-21-9-8-10-22(17-21)20-35-29-32-31-28(34(29)23-11-2-1-3-12-23)19-33-26-15-6-4-13-24(26)25-14-5-7-16-27(25)33/h1-17H,19-20H2. The molecule has 0 saturated heterocycles. The first-order valence-electron chi connectivity index (χ1n) is 11.4. The highest BCUT2D eigenvalue weighted by Crippen LogP contribution is 2.31. The molecule has 35 heavy (non-hydrogen) atoms. The van der Waals surface area contributed by atoms with Gasteiger partial charge in [0.2, 0.25) is 0 Å². The van der Waals surface area contributed by atoms with Gasteiger partial charge in [-0.1, -0.05) is 78.5 Å². The molecule has 0 saturated carbocycles. The van der Waals surface area contributed by atoms with Crippen LogP contribution in [-0.4, -0.2) is 19.3 Å². The number of rotatable bonds is 6. The average Bonchev–Trinajstić information content (AvgIpc) is 3.47. The molecule has 0 unspecified atom stereocenters. The first kappa shape index (κ1) is 21.2. The van der Waals surface area contributed by atoms with Crippen molar-refractivity contribution in [1.29, 1.82) is 5.26 Å². The van der Waals surface area contributed by atoms with Gasteiger partial charge >= 0.3 is 0 Å². The zero-order valence-corrected chi connectivity index (χ0v) is 19.7. The zero-order valence-electron chi connectivity index (χ0n) is 18.9. The van der Waals surface area contributed by atoms with Gasteiger partial charge in [0, 0.05) is 33.2 Å². The molecule has 4 aromatic carbocycles. The van der Waals surface area contributed by atoms with E-state index < -0.39 is 0 Å². The van der Waals surface area contributed by atoms with Crippen LogP contribution in [0.3, 0.4) is 0 Å². The van der Waals surface area contributed by atoms with E-state index >= 15 is 0 Å². The largest absolute Gasteiger partial charge is 0.333 e. The number of hydrogen-bond donors (Lipinski definition) is 0. The van der Waals surface area contributed by atoms with Gasteiger partial charge in [-0.15, -0.1) is 10.2 Å². The van der Waals surface area contributed by atoms with Crippen molar-refractivity contribution in [3.05, 3.63) is 120 Å². The van der Waals surface area contributed by atoms with Gasteiger partial charge in [0.15, 0.2) is 11.0 Å². The van der Waals surface area contributed by atoms with Crippen molar-refractivity contribution in [2.45, 2.75) is 17.5 Å². The Hall–Kier alpha value is -4.34. The van der Waals surface area contributed by atoms with E-state index in [0.29, 0.717) is 17.9 Å². The molecule has 2 heterocycles. The molecule has 0 N–H and O–H groups in total. The van der Waals surface area contributed by atoms with Gasteiger partial charge < -0.3 is 4.57 Å². The number of thioether (sulfide) groups is 1. The Morgan fingerprint density at radius 3 is 2.14 bits per heavy atom. The Balaban J connectivity index is 1.42. The van der Waals surface area contributed by atoms with Crippen molar-refractivity contribution < 1.29 is 0 Å². The molecule has 6 rings (SSSR count). The molecular weight excluding hydrogens is 450 g/mol. The Bertz CT molecular complexity index is 1640. The van der Waals surface area contributed by atoms with E-state index in [1.807, 2.05) is 42.5 Å². The second-order valence-corrected chi connectivity index (χ2v) is 9.23. The van der Waals surface area contributed by atoms with Crippen LogP contribution in [0.4, 0.5) is 0 Å². The van der Waals surface area contributed by atoms with Gasteiger partial charge in [-0.2, -0.15) is 5.26 Å². The summed E-state index contributed by atoms with van der Waals surface area (Å²) in [5, 5.41) is 21.8. The second-order valence-electron chi connectivity index (χ2n) is 8.29. The Labute approximate surface area is 207 Å². The van der Waals surface area contributed by atoms with E-state index in [1.165, 1.54) is 21.8 Å². The number of fused-ring (bicyclic) bond motifs is 3. The summed E-state index contributed by atoms with van der Waals surface area (Å²) in [6, 6.07) is 37.2. The van der Waals surface area contributed by atoms with Gasteiger partial charge in [-0.05, 0) is 42.0 Å². The summed E-state index contributed by atoms with van der Waals surface area (Å²) in [5.41, 5.74) is 5.14. The summed E-state index contributed by atoms with van der Waals surface area (Å²) in [6.07, 6.45) is 0. The van der Waals surface area contributed by atoms with Crippen molar-refractivity contribution in [2.75, 3.05) is 0 Å². The van der Waals surface area contributed by atoms with E-state index in [1.54, 1.807) is 11.8 Å². The van der Waals surface area contributed by atoms with Crippen molar-refractivity contribution in [1.82, 2.24) is 19.3 Å². The Morgan fingerprint density at radius 2 is 1.43 bits per heavy atom. The molecule has 0 bridgehead atoms. The number of benzene rings is 4. The molecule has 0 atom stereocenters. The normalized spacial score (nSPS) is 11.2. The molecule has 5 nitrogen and oxygen atoms in total. The van der Waals surface area contributed by atoms with Crippen molar-refractivity contribution in [2.24, 2.45) is 0 Å². The van der Waals surface area contributed by atoms with Gasteiger partial charge in [0.05, 0.1) is 18.2 Å². The van der Waals surface area contributed by atoms with Crippen LogP contribution >= 0.6 is 11.8 Å². The molecule has 0 spiro atoms. The second kappa shape index (κ2) is 9.13. The molecule has 0 aliphatic rings. The zero-order chi connectivity index (χ0) is 23.6. The van der Waals surface area contributed by atoms with Crippen molar-refractivity contribution in [3.8, 4) is 11.8 Å². The van der Waals surface area contributed by atoms with Crippen LogP contribution in [0.15, 0.2) is 108 Å². The summed E-state index contributed by atoms with van der Waals surface area (Å²) in [6.45, 7) is 0.598. The first-order valence-corrected chi connectivity index (χ1v) is 12.4. The first-order chi connectivity index (χ1) is 17.3. The topological polar surface area (TPSA) is 59.4 Å². The minimum Gasteiger partial charge on any atom is -0.333 e. The van der Waals surface area contributed by atoms with Gasteiger partial charge in [-0.25, -0.2) is 0 Å². The maximum absolute atomic E-state index is 9.23. The third-order valence-corrected chi connectivity index (χ3v) is 7.12. The minimum absolute atomic E-state index is 0.598. The quantitative estimate of drug-likeness (QED) is 0.257. The van der Waals surface area contributed by atoms with Crippen molar-refractivity contribution >= 4 is 33.6 Å². The molecule has 0 amide bonds. The smallest absolute Gasteiger partial charge is 0.196 e. The molecule has 0 fully saturated rings. The molecular formula is C29H21N5S. The van der Waals surface area contributed by atoms with Gasteiger partial charge in [0.25, 0.3) is 0 Å². The molecule has 0 aliphatic heterocycles. The number of aromatic nitrogens is 4. The van der Waals surface area contributed by atoms with Gasteiger partial charge in [0.1, 0.15) is 0 Å². The average molecular weight is 472 g/mol. The van der Waals surface area contributed by atoms with Crippen LogP contribution in [0.1, 0.15) is 17.0 Å². The van der Waals surface area contributed by atoms with Crippen LogP contribution in [0.25, 0.3) is 27.5 Å². The predicted molar refractivity (Wildman–Crippen MR) is 141 cm³/mol. The van der Waals surface area contributed by atoms with E-state index in [-0.39, 0.29) is 0 Å². The lowest BCUT2D eigenvalue weighted by Crippen LogP contribution is -2.08. The lowest BCUT2D eigenvalue weighted by atomic mass is 10.2. The van der Waals surface area contributed by atoms with E-state index in [0.717, 1.165) is 22.2 Å². The van der Waals surface area contributed by atoms with E-state index in [9.17, 15) is 5.26 Å². The third kappa shape index (κ3) is 3.96. The predicted octanol–water partition coefficient (Wildman–Crippen LogP) is 6.59. The highest BCUT2D eigenvalue weighted by atomic mass is 32.2. The number of nitriles is 1. The summed E-state index contributed by atoms with van der Waals surface area (Å²) >= 11 is 1.63. The molecule has 0 radical (unpaired) electrons. The lowest BCUT2D eigenvalue weighted by molar-refractivity contribution is 0.754. The molecule has 168 valence electrons. The highest BCUT2D eigenvalue weighted by Gasteiger charge is 2.18. The number of nitrogens with zero attached hydrogens (tertiary/aromatic N) is 5. The SMILES string of the molecule is N#Cc1cccc(CSc2nnc(Cn3c4ccccc4c4ccccc43)n2-c2ccccc2)c1. The van der Waals surface area contributed by atoms with Crippen LogP contribution in [-0.2, 0) is 12.3 Å². The van der Waals surface area contributed by atoms with Crippen LogP contribution in [0, 0.1) is 11.3 Å². The molecule has 6 aromatic rings. The monoisotopic (exact) mass is 471 g/mol. The fraction of sp³-hybridized carbons (Fsp3) is 0.0690. The Kier molecular flexibility index (Phi) is 5.53. The highest BCUT2D eigenvalue weighted by molar-refractivity contribution is 7.98. The van der Waals surface area contributed by atoms with Crippen LogP contribution in [0.2, 0.25) is 0 Å². The maximum atomic E-state index is 9.23. The van der Waals surface area contributed by atoms with E-state index in [2.05, 4.69) is 86.1 Å². The summed E-state index contributed by atoms with van der Waals surface area (Å²) in [4.78, 5) is 0. The summed E-state index contributed by atoms with van der Waals surface area (Å²) in [5.74, 6) is 1.58. The van der Waals surface area contributed by atoms with Crippen LogP contribution < -0.4 is 0 Å². The van der Waals surface area contributed by atoms with Crippen LogP contribution in [0.5, 0.6) is 0 Å². The fourth-order valence-electron chi connectivity index (χ4n) is 4.53. The minimum atomic E-state index is 0.598. The summed E-state index contributed by atoms with van der Waals surface area (Å²) in [7, 11) is 0. The fourth-order valence-corrected chi connectivity index (χ4v) is 5.44. The molecule has 0 aliphatic carbocycles. The van der Waals surface area contributed by atoms with E-state index in [4.69, 9.17) is 0 Å².